The van der Waals surface area contributed by atoms with Gasteiger partial charge in [-0.2, -0.15) is 13.2 Å². The van der Waals surface area contributed by atoms with Crippen LogP contribution in [0.4, 0.5) is 13.2 Å². The number of benzene rings is 2. The molecule has 1 amide bonds. The second-order valence-corrected chi connectivity index (χ2v) is 5.27. The van der Waals surface area contributed by atoms with Crippen LogP contribution in [0.1, 0.15) is 11.1 Å². The van der Waals surface area contributed by atoms with E-state index in [9.17, 15) is 18.0 Å². The van der Waals surface area contributed by atoms with Gasteiger partial charge in [0.05, 0.1) is 19.8 Å². The van der Waals surface area contributed by atoms with Gasteiger partial charge in [0.15, 0.2) is 6.61 Å². The zero-order valence-corrected chi connectivity index (χ0v) is 14.2. The highest BCUT2D eigenvalue weighted by atomic mass is 19.4. The largest absolute Gasteiger partial charge is 0.497 e. The van der Waals surface area contributed by atoms with Gasteiger partial charge in [0, 0.05) is 18.2 Å². The van der Waals surface area contributed by atoms with E-state index in [2.05, 4.69) is 5.32 Å². The van der Waals surface area contributed by atoms with Crippen LogP contribution in [0.3, 0.4) is 0 Å². The molecule has 0 heterocycles. The summed E-state index contributed by atoms with van der Waals surface area (Å²) in [6.07, 6.45) is -4.47. The molecule has 0 bridgehead atoms. The summed E-state index contributed by atoms with van der Waals surface area (Å²) >= 11 is 0. The number of hydrogen-bond acceptors (Lipinski definition) is 4. The molecule has 0 radical (unpaired) electrons. The number of carbonyl (C=O) groups excluding carboxylic acids is 1. The van der Waals surface area contributed by atoms with Crippen molar-refractivity contribution in [2.45, 2.75) is 12.7 Å². The Morgan fingerprint density at radius 3 is 2.46 bits per heavy atom. The van der Waals surface area contributed by atoms with Gasteiger partial charge in [0.2, 0.25) is 0 Å². The Balaban J connectivity index is 1.90. The molecule has 140 valence electrons. The van der Waals surface area contributed by atoms with E-state index >= 15 is 0 Å². The van der Waals surface area contributed by atoms with Crippen molar-refractivity contribution in [3.63, 3.8) is 0 Å². The maximum Gasteiger partial charge on any atom is 0.416 e. The summed E-state index contributed by atoms with van der Waals surface area (Å²) in [7, 11) is 3.03. The summed E-state index contributed by atoms with van der Waals surface area (Å²) in [6.45, 7) is -0.224. The minimum atomic E-state index is -4.47. The number of halogens is 3. The normalized spacial score (nSPS) is 11.0. The molecule has 0 aromatic heterocycles. The summed E-state index contributed by atoms with van der Waals surface area (Å²) in [6, 6.07) is 9.51. The lowest BCUT2D eigenvalue weighted by molar-refractivity contribution is -0.137. The molecule has 0 fully saturated rings. The molecule has 0 saturated heterocycles. The molecule has 0 aliphatic heterocycles. The van der Waals surface area contributed by atoms with Crippen molar-refractivity contribution in [1.29, 1.82) is 0 Å². The zero-order chi connectivity index (χ0) is 19.2. The lowest BCUT2D eigenvalue weighted by Gasteiger charge is -2.12. The molecule has 2 aromatic carbocycles. The second kappa shape index (κ2) is 8.46. The van der Waals surface area contributed by atoms with E-state index in [0.717, 1.165) is 17.7 Å². The first-order valence-electron chi connectivity index (χ1n) is 7.61. The van der Waals surface area contributed by atoms with Gasteiger partial charge < -0.3 is 19.5 Å². The van der Waals surface area contributed by atoms with Crippen LogP contribution in [0.25, 0.3) is 0 Å². The Kier molecular flexibility index (Phi) is 6.32. The predicted molar refractivity (Wildman–Crippen MR) is 88.3 cm³/mol. The smallest absolute Gasteiger partial charge is 0.416 e. The summed E-state index contributed by atoms with van der Waals surface area (Å²) in [5.74, 6) is 0.658. The maximum absolute atomic E-state index is 12.6. The molecular weight excluding hydrogens is 351 g/mol. The van der Waals surface area contributed by atoms with E-state index in [0.29, 0.717) is 11.5 Å². The fourth-order valence-electron chi connectivity index (χ4n) is 2.15. The Morgan fingerprint density at radius 1 is 1.04 bits per heavy atom. The van der Waals surface area contributed by atoms with Gasteiger partial charge in [-0.25, -0.2) is 0 Å². The Bertz CT molecular complexity index is 762. The van der Waals surface area contributed by atoms with Gasteiger partial charge in [-0.05, 0) is 30.3 Å². The minimum Gasteiger partial charge on any atom is -0.497 e. The fourth-order valence-corrected chi connectivity index (χ4v) is 2.15. The molecule has 1 N–H and O–H groups in total. The van der Waals surface area contributed by atoms with Crippen LogP contribution in [-0.2, 0) is 17.5 Å². The van der Waals surface area contributed by atoms with E-state index in [4.69, 9.17) is 14.2 Å². The zero-order valence-electron chi connectivity index (χ0n) is 14.2. The topological polar surface area (TPSA) is 56.8 Å². The van der Waals surface area contributed by atoms with Gasteiger partial charge in [0.25, 0.3) is 5.91 Å². The molecule has 0 spiro atoms. The molecule has 5 nitrogen and oxygen atoms in total. The number of methoxy groups -OCH3 is 2. The number of amides is 1. The van der Waals surface area contributed by atoms with Crippen molar-refractivity contribution in [3.8, 4) is 17.2 Å². The first kappa shape index (κ1) is 19.4. The Labute approximate surface area is 148 Å². The highest BCUT2D eigenvalue weighted by Gasteiger charge is 2.30. The molecule has 0 atom stereocenters. The third-order valence-electron chi connectivity index (χ3n) is 3.50. The third kappa shape index (κ3) is 5.30. The number of rotatable bonds is 7. The second-order valence-electron chi connectivity index (χ2n) is 5.27. The summed E-state index contributed by atoms with van der Waals surface area (Å²) in [5, 5.41) is 2.62. The van der Waals surface area contributed by atoms with E-state index in [1.807, 2.05) is 0 Å². The molecule has 0 aliphatic rings. The highest BCUT2D eigenvalue weighted by Crippen LogP contribution is 2.31. The molecule has 0 unspecified atom stereocenters. The number of carbonyl (C=O) groups is 1. The van der Waals surface area contributed by atoms with E-state index in [1.54, 1.807) is 18.2 Å². The number of hydrogen-bond donors (Lipinski definition) is 1. The van der Waals surface area contributed by atoms with E-state index in [1.165, 1.54) is 26.4 Å². The molecule has 2 aromatic rings. The lowest BCUT2D eigenvalue weighted by atomic mass is 10.2. The van der Waals surface area contributed by atoms with Gasteiger partial charge >= 0.3 is 6.18 Å². The highest BCUT2D eigenvalue weighted by molar-refractivity contribution is 5.77. The first-order valence-corrected chi connectivity index (χ1v) is 7.61. The van der Waals surface area contributed by atoms with Crippen molar-refractivity contribution in [1.82, 2.24) is 5.32 Å². The number of alkyl halides is 3. The van der Waals surface area contributed by atoms with Crippen LogP contribution in [0, 0.1) is 0 Å². The summed E-state index contributed by atoms with van der Waals surface area (Å²) in [5.41, 5.74) is -0.112. The van der Waals surface area contributed by atoms with Crippen molar-refractivity contribution < 1.29 is 32.2 Å². The molecule has 0 aliphatic carbocycles. The van der Waals surface area contributed by atoms with Crippen LogP contribution in [-0.4, -0.2) is 26.7 Å². The fraction of sp³-hybridized carbons (Fsp3) is 0.278. The van der Waals surface area contributed by atoms with Crippen molar-refractivity contribution >= 4 is 5.91 Å². The Morgan fingerprint density at radius 2 is 1.81 bits per heavy atom. The van der Waals surface area contributed by atoms with Gasteiger partial charge in [-0.15, -0.1) is 0 Å². The Hall–Kier alpha value is -2.90. The van der Waals surface area contributed by atoms with Crippen molar-refractivity contribution in [3.05, 3.63) is 53.6 Å². The van der Waals surface area contributed by atoms with Gasteiger partial charge in [-0.3, -0.25) is 4.79 Å². The van der Waals surface area contributed by atoms with Crippen LogP contribution >= 0.6 is 0 Å². The predicted octanol–water partition coefficient (Wildman–Crippen LogP) is 3.42. The van der Waals surface area contributed by atoms with Crippen LogP contribution < -0.4 is 19.5 Å². The lowest BCUT2D eigenvalue weighted by Crippen LogP contribution is -2.28. The molecular formula is C18H18F3NO4. The molecule has 8 heteroatoms. The average Bonchev–Trinajstić information content (AvgIpc) is 2.64. The molecule has 26 heavy (non-hydrogen) atoms. The van der Waals surface area contributed by atoms with Gasteiger partial charge in [-0.1, -0.05) is 6.07 Å². The van der Waals surface area contributed by atoms with Gasteiger partial charge in [0.1, 0.15) is 17.2 Å². The van der Waals surface area contributed by atoms with Crippen LogP contribution in [0.2, 0.25) is 0 Å². The van der Waals surface area contributed by atoms with Crippen LogP contribution in [0.5, 0.6) is 17.2 Å². The summed E-state index contributed by atoms with van der Waals surface area (Å²) in [4.78, 5) is 11.9. The van der Waals surface area contributed by atoms with Crippen molar-refractivity contribution in [2.75, 3.05) is 20.8 Å². The number of nitrogens with one attached hydrogen (secondary N) is 1. The minimum absolute atomic E-state index is 0.0306. The van der Waals surface area contributed by atoms with Crippen LogP contribution in [0.15, 0.2) is 42.5 Å². The van der Waals surface area contributed by atoms with Crippen molar-refractivity contribution in [2.24, 2.45) is 0 Å². The quantitative estimate of drug-likeness (QED) is 0.813. The maximum atomic E-state index is 12.6. The average molecular weight is 369 g/mol. The first-order chi connectivity index (χ1) is 12.3. The standard InChI is InChI=1S/C18H18F3NO4/c1-24-14-7-6-12(16(9-14)25-2)10-22-17(23)11-26-15-5-3-4-13(8-15)18(19,20)21/h3-9H,10-11H2,1-2H3,(H,22,23). The molecule has 0 saturated carbocycles. The third-order valence-corrected chi connectivity index (χ3v) is 3.50. The SMILES string of the molecule is COc1ccc(CNC(=O)COc2cccc(C(F)(F)F)c2)c(OC)c1. The molecule has 2 rings (SSSR count). The number of ether oxygens (including phenoxy) is 3. The monoisotopic (exact) mass is 369 g/mol. The van der Waals surface area contributed by atoms with E-state index < -0.39 is 24.3 Å². The van der Waals surface area contributed by atoms with E-state index in [-0.39, 0.29) is 12.3 Å². The summed E-state index contributed by atoms with van der Waals surface area (Å²) < 4.78 is 53.4.